The number of hydrogen-bond acceptors (Lipinski definition) is 5. The predicted molar refractivity (Wildman–Crippen MR) is 78.7 cm³/mol. The van der Waals surface area contributed by atoms with Gasteiger partial charge in [0.05, 0.1) is 30.9 Å². The summed E-state index contributed by atoms with van der Waals surface area (Å²) in [7, 11) is 0. The Kier molecular flexibility index (Phi) is 3.79. The van der Waals surface area contributed by atoms with Gasteiger partial charge >= 0.3 is 0 Å². The lowest BCUT2D eigenvalue weighted by molar-refractivity contribution is -0.0667. The fourth-order valence-electron chi connectivity index (χ4n) is 2.46. The van der Waals surface area contributed by atoms with Crippen molar-refractivity contribution in [2.75, 3.05) is 19.8 Å². The highest BCUT2D eigenvalue weighted by molar-refractivity contribution is 7.71. The molecule has 112 valence electrons. The van der Waals surface area contributed by atoms with E-state index < -0.39 is 0 Å². The van der Waals surface area contributed by atoms with Crippen molar-refractivity contribution in [2.24, 2.45) is 0 Å². The van der Waals surface area contributed by atoms with Crippen molar-refractivity contribution >= 4 is 29.2 Å². The van der Waals surface area contributed by atoms with Crippen LogP contribution < -0.4 is 0 Å². The van der Waals surface area contributed by atoms with Gasteiger partial charge in [0.2, 0.25) is 0 Å². The molecule has 3 rings (SSSR count). The summed E-state index contributed by atoms with van der Waals surface area (Å²) in [6, 6.07) is 5.16. The molecule has 1 fully saturated rings. The van der Waals surface area contributed by atoms with Gasteiger partial charge in [0.1, 0.15) is 0 Å². The Morgan fingerprint density at radius 2 is 2.38 bits per heavy atom. The topological polar surface area (TPSA) is 78.7 Å². The monoisotopic (exact) mass is 308 g/mol. The maximum Gasteiger partial charge on any atom is 0.266 e. The molecule has 0 saturated carbocycles. The van der Waals surface area contributed by atoms with Gasteiger partial charge in [0.25, 0.3) is 10.7 Å². The fraction of sp³-hybridized carbons (Fsp3) is 0.429. The van der Waals surface area contributed by atoms with Gasteiger partial charge in [0.15, 0.2) is 5.58 Å². The van der Waals surface area contributed by atoms with Crippen molar-refractivity contribution in [1.82, 2.24) is 9.88 Å². The van der Waals surface area contributed by atoms with Crippen LogP contribution in [0.2, 0.25) is 0 Å². The number of H-pyrrole nitrogens is 1. The average Bonchev–Trinajstić information content (AvgIpc) is 2.86. The molecule has 2 aromatic rings. The minimum Gasteiger partial charge on any atom is -0.429 e. The standard InChI is InChI=1S/C14H16N2O4S/c1-8-7-19-10(6-17)5-16(8)13(18)9-2-3-11-12(4-9)20-14(21)15-11/h2-4,8,10,17H,5-7H2,1H3,(H,15,21). The second kappa shape index (κ2) is 5.59. The van der Waals surface area contributed by atoms with Crippen LogP contribution in [-0.2, 0) is 4.74 Å². The number of aromatic amines is 1. The number of nitrogens with one attached hydrogen (secondary N) is 1. The van der Waals surface area contributed by atoms with Gasteiger partial charge in [-0.15, -0.1) is 0 Å². The number of amides is 1. The van der Waals surface area contributed by atoms with Crippen molar-refractivity contribution in [3.05, 3.63) is 28.6 Å². The number of aromatic nitrogens is 1. The van der Waals surface area contributed by atoms with Crippen LogP contribution in [0.3, 0.4) is 0 Å². The van der Waals surface area contributed by atoms with Gasteiger partial charge in [-0.3, -0.25) is 4.79 Å². The highest BCUT2D eigenvalue weighted by Gasteiger charge is 2.30. The maximum atomic E-state index is 12.6. The number of ether oxygens (including phenoxy) is 1. The number of rotatable bonds is 2. The summed E-state index contributed by atoms with van der Waals surface area (Å²) in [5.74, 6) is -0.103. The third-order valence-electron chi connectivity index (χ3n) is 3.64. The Morgan fingerprint density at radius 3 is 3.14 bits per heavy atom. The molecule has 6 nitrogen and oxygen atoms in total. The van der Waals surface area contributed by atoms with Crippen LogP contribution in [0.4, 0.5) is 0 Å². The summed E-state index contributed by atoms with van der Waals surface area (Å²) in [6.07, 6.45) is -0.329. The first-order valence-electron chi connectivity index (χ1n) is 6.75. The van der Waals surface area contributed by atoms with Crippen LogP contribution >= 0.6 is 12.2 Å². The summed E-state index contributed by atoms with van der Waals surface area (Å²) >= 11 is 4.94. The quantitative estimate of drug-likeness (QED) is 0.826. The first kappa shape index (κ1) is 14.2. The smallest absolute Gasteiger partial charge is 0.266 e. The second-order valence-electron chi connectivity index (χ2n) is 5.17. The molecule has 2 heterocycles. The Labute approximate surface area is 126 Å². The van der Waals surface area contributed by atoms with Crippen LogP contribution in [0.15, 0.2) is 22.6 Å². The lowest BCUT2D eigenvalue weighted by Crippen LogP contribution is -2.52. The lowest BCUT2D eigenvalue weighted by atomic mass is 10.1. The third kappa shape index (κ3) is 2.72. The minimum absolute atomic E-state index is 0.0336. The van der Waals surface area contributed by atoms with Crippen molar-refractivity contribution in [3.63, 3.8) is 0 Å². The van der Waals surface area contributed by atoms with E-state index in [4.69, 9.17) is 21.4 Å². The molecule has 1 aliphatic rings. The first-order valence-corrected chi connectivity index (χ1v) is 7.15. The summed E-state index contributed by atoms with van der Waals surface area (Å²) in [5.41, 5.74) is 1.86. The van der Waals surface area contributed by atoms with Crippen LogP contribution in [0.1, 0.15) is 17.3 Å². The third-order valence-corrected chi connectivity index (χ3v) is 3.82. The Morgan fingerprint density at radius 1 is 1.57 bits per heavy atom. The first-order chi connectivity index (χ1) is 10.1. The molecular formula is C14H16N2O4S. The molecule has 7 heteroatoms. The van der Waals surface area contributed by atoms with E-state index in [0.29, 0.717) is 24.3 Å². The maximum absolute atomic E-state index is 12.6. The fourth-order valence-corrected chi connectivity index (χ4v) is 2.65. The Hall–Kier alpha value is -1.70. The molecule has 1 aromatic carbocycles. The zero-order chi connectivity index (χ0) is 15.0. The minimum atomic E-state index is -0.329. The van der Waals surface area contributed by atoms with Crippen LogP contribution in [0.5, 0.6) is 0 Å². The van der Waals surface area contributed by atoms with Crippen molar-refractivity contribution < 1.29 is 19.1 Å². The van der Waals surface area contributed by atoms with Gasteiger partial charge in [-0.05, 0) is 37.3 Å². The van der Waals surface area contributed by atoms with E-state index in [1.165, 1.54) is 0 Å². The molecule has 0 aliphatic carbocycles. The van der Waals surface area contributed by atoms with Gasteiger partial charge < -0.3 is 24.1 Å². The average molecular weight is 308 g/mol. The van der Waals surface area contributed by atoms with E-state index in [2.05, 4.69) is 4.98 Å². The number of carbonyl (C=O) groups excluding carboxylic acids is 1. The van der Waals surface area contributed by atoms with E-state index in [1.54, 1.807) is 23.1 Å². The molecule has 1 aliphatic heterocycles. The molecule has 2 N–H and O–H groups in total. The van der Waals surface area contributed by atoms with E-state index in [-0.39, 0.29) is 29.5 Å². The number of oxazole rings is 1. The zero-order valence-corrected chi connectivity index (χ0v) is 12.4. The van der Waals surface area contributed by atoms with Gasteiger partial charge in [0, 0.05) is 12.1 Å². The number of aliphatic hydroxyl groups excluding tert-OH is 1. The number of morpholine rings is 1. The van der Waals surface area contributed by atoms with Crippen molar-refractivity contribution in [1.29, 1.82) is 0 Å². The van der Waals surface area contributed by atoms with Crippen molar-refractivity contribution in [3.8, 4) is 0 Å². The molecule has 1 amide bonds. The molecule has 0 radical (unpaired) electrons. The SMILES string of the molecule is CC1COC(CO)CN1C(=O)c1ccc2[nH]c(=S)oc2c1. The molecule has 21 heavy (non-hydrogen) atoms. The Bertz CT molecular complexity index is 723. The Balaban J connectivity index is 1.89. The molecule has 1 saturated heterocycles. The number of nitrogens with zero attached hydrogens (tertiary/aromatic N) is 1. The highest BCUT2D eigenvalue weighted by Crippen LogP contribution is 2.19. The van der Waals surface area contributed by atoms with E-state index >= 15 is 0 Å². The van der Waals surface area contributed by atoms with Crippen LogP contribution in [0.25, 0.3) is 11.1 Å². The summed E-state index contributed by atoms with van der Waals surface area (Å²) < 4.78 is 10.8. The molecule has 2 unspecified atom stereocenters. The van der Waals surface area contributed by atoms with Crippen molar-refractivity contribution in [2.45, 2.75) is 19.1 Å². The second-order valence-corrected chi connectivity index (χ2v) is 5.54. The zero-order valence-electron chi connectivity index (χ0n) is 11.5. The molecule has 2 atom stereocenters. The summed E-state index contributed by atoms with van der Waals surface area (Å²) in [5, 5.41) is 9.20. The molecular weight excluding hydrogens is 292 g/mol. The predicted octanol–water partition coefficient (Wildman–Crippen LogP) is 1.71. The number of aliphatic hydroxyl groups is 1. The summed E-state index contributed by atoms with van der Waals surface area (Å²) in [6.45, 7) is 2.63. The van der Waals surface area contributed by atoms with E-state index in [0.717, 1.165) is 5.52 Å². The lowest BCUT2D eigenvalue weighted by Gasteiger charge is -2.37. The number of carbonyl (C=O) groups is 1. The van der Waals surface area contributed by atoms with Gasteiger partial charge in [-0.2, -0.15) is 0 Å². The number of hydrogen-bond donors (Lipinski definition) is 2. The van der Waals surface area contributed by atoms with Crippen LogP contribution in [-0.4, -0.2) is 52.8 Å². The normalized spacial score (nSPS) is 22.7. The number of benzene rings is 1. The largest absolute Gasteiger partial charge is 0.429 e. The molecule has 0 bridgehead atoms. The van der Waals surface area contributed by atoms with Gasteiger partial charge in [-0.1, -0.05) is 0 Å². The van der Waals surface area contributed by atoms with Crippen LogP contribution in [0, 0.1) is 4.84 Å². The number of fused-ring (bicyclic) bond motifs is 1. The summed E-state index contributed by atoms with van der Waals surface area (Å²) in [4.78, 5) is 17.5. The van der Waals surface area contributed by atoms with E-state index in [9.17, 15) is 9.90 Å². The molecule has 1 aromatic heterocycles. The van der Waals surface area contributed by atoms with E-state index in [1.807, 2.05) is 6.92 Å². The highest BCUT2D eigenvalue weighted by atomic mass is 32.1. The molecule has 0 spiro atoms. The van der Waals surface area contributed by atoms with Gasteiger partial charge in [-0.25, -0.2) is 0 Å².